The number of hydrogen-bond acceptors (Lipinski definition) is 8. The van der Waals surface area contributed by atoms with Crippen LogP contribution in [0.5, 0.6) is 0 Å². The third-order valence-electron chi connectivity index (χ3n) is 7.34. The fourth-order valence-corrected chi connectivity index (χ4v) is 5.38. The van der Waals surface area contributed by atoms with E-state index in [1.165, 1.54) is 15.6 Å². The molecule has 2 unspecified atom stereocenters. The Morgan fingerprint density at radius 2 is 1.89 bits per heavy atom. The zero-order valence-corrected chi connectivity index (χ0v) is 22.6. The van der Waals surface area contributed by atoms with Crippen LogP contribution in [0, 0.1) is 40.4 Å². The van der Waals surface area contributed by atoms with E-state index >= 15 is 0 Å². The summed E-state index contributed by atoms with van der Waals surface area (Å²) in [7, 11) is 5.23. The van der Waals surface area contributed by atoms with Gasteiger partial charge in [-0.15, -0.1) is 5.10 Å². The maximum Gasteiger partial charge on any atom is 0.246 e. The van der Waals surface area contributed by atoms with E-state index < -0.39 is 23.5 Å². The van der Waals surface area contributed by atoms with E-state index in [0.717, 1.165) is 25.7 Å². The van der Waals surface area contributed by atoms with Gasteiger partial charge in [0.15, 0.2) is 0 Å². The van der Waals surface area contributed by atoms with Crippen LogP contribution in [0.15, 0.2) is 23.4 Å². The Kier molecular flexibility index (Phi) is 7.52. The number of amides is 1. The zero-order chi connectivity index (χ0) is 27.8. The quantitative estimate of drug-likeness (QED) is 0.435. The summed E-state index contributed by atoms with van der Waals surface area (Å²) in [5.74, 6) is -1.77. The van der Waals surface area contributed by atoms with Crippen LogP contribution in [-0.4, -0.2) is 57.0 Å². The average Bonchev–Trinajstić information content (AvgIpc) is 3.22. The second kappa shape index (κ2) is 10.5. The molecule has 2 aliphatic rings. The SMILES string of the molecule is CN1C(=O)C(C#N)C(N(C)C2CCC(/C(=N/OC(C)(C)C)c3cc(F)nn3C)CC2)c2nc(C#N)ccc21. The maximum absolute atomic E-state index is 14.0. The second-order valence-electron chi connectivity index (χ2n) is 11.0. The van der Waals surface area contributed by atoms with Crippen molar-refractivity contribution in [3.05, 3.63) is 41.2 Å². The number of pyridine rings is 1. The van der Waals surface area contributed by atoms with Crippen LogP contribution < -0.4 is 4.90 Å². The van der Waals surface area contributed by atoms with E-state index in [4.69, 9.17) is 4.84 Å². The summed E-state index contributed by atoms with van der Waals surface area (Å²) in [4.78, 5) is 26.9. The number of carbonyl (C=O) groups is 1. The first kappa shape index (κ1) is 27.2. The molecule has 1 aliphatic heterocycles. The molecule has 2 aromatic heterocycles. The lowest BCUT2D eigenvalue weighted by molar-refractivity contribution is -0.123. The first-order valence-corrected chi connectivity index (χ1v) is 12.7. The number of aryl methyl sites for hydroxylation is 1. The second-order valence-corrected chi connectivity index (χ2v) is 11.0. The summed E-state index contributed by atoms with van der Waals surface area (Å²) in [5.41, 5.74) is 2.15. The smallest absolute Gasteiger partial charge is 0.246 e. The van der Waals surface area contributed by atoms with E-state index in [0.29, 0.717) is 22.8 Å². The monoisotopic (exact) mass is 520 g/mol. The number of hydrogen-bond donors (Lipinski definition) is 0. The molecule has 4 rings (SSSR count). The van der Waals surface area contributed by atoms with Crippen LogP contribution >= 0.6 is 0 Å². The van der Waals surface area contributed by atoms with Crippen LogP contribution in [0.4, 0.5) is 10.1 Å². The van der Waals surface area contributed by atoms with Gasteiger partial charge in [0.25, 0.3) is 0 Å². The summed E-state index contributed by atoms with van der Waals surface area (Å²) >= 11 is 0. The molecule has 200 valence electrons. The largest absolute Gasteiger partial charge is 0.390 e. The predicted octanol–water partition coefficient (Wildman–Crippen LogP) is 3.69. The minimum absolute atomic E-state index is 0.0262. The van der Waals surface area contributed by atoms with Gasteiger partial charge in [-0.3, -0.25) is 14.4 Å². The Labute approximate surface area is 222 Å². The third-order valence-corrected chi connectivity index (χ3v) is 7.34. The van der Waals surface area contributed by atoms with Crippen molar-refractivity contribution in [2.75, 3.05) is 19.0 Å². The summed E-state index contributed by atoms with van der Waals surface area (Å²) in [6.07, 6.45) is 3.04. The van der Waals surface area contributed by atoms with E-state index in [9.17, 15) is 19.7 Å². The molecule has 0 saturated heterocycles. The Balaban J connectivity index is 1.59. The topological polar surface area (TPSA) is 123 Å². The molecule has 1 aliphatic carbocycles. The normalized spacial score (nSPS) is 24.1. The van der Waals surface area contributed by atoms with Gasteiger partial charge < -0.3 is 9.74 Å². The Morgan fingerprint density at radius 3 is 2.45 bits per heavy atom. The Hall–Kier alpha value is -3.83. The lowest BCUT2D eigenvalue weighted by Crippen LogP contribution is -2.49. The van der Waals surface area contributed by atoms with Crippen LogP contribution in [0.25, 0.3) is 0 Å². The summed E-state index contributed by atoms with van der Waals surface area (Å²) in [6, 6.07) is 8.42. The molecule has 10 nitrogen and oxygen atoms in total. The molecular weight excluding hydrogens is 487 g/mol. The highest BCUT2D eigenvalue weighted by molar-refractivity contribution is 6.01. The van der Waals surface area contributed by atoms with Gasteiger partial charge in [0.05, 0.1) is 29.2 Å². The number of aromatic nitrogens is 3. The first-order valence-electron chi connectivity index (χ1n) is 12.7. The molecule has 2 aromatic rings. The number of fused-ring (bicyclic) bond motifs is 1. The summed E-state index contributed by atoms with van der Waals surface area (Å²) in [5, 5.41) is 27.7. The van der Waals surface area contributed by atoms with E-state index in [1.54, 1.807) is 26.2 Å². The molecular formula is C27H33FN8O2. The number of carbonyl (C=O) groups excluding carboxylic acids is 1. The van der Waals surface area contributed by atoms with Gasteiger partial charge in [0.2, 0.25) is 11.9 Å². The molecule has 3 heterocycles. The lowest BCUT2D eigenvalue weighted by atomic mass is 9.80. The highest BCUT2D eigenvalue weighted by Gasteiger charge is 2.45. The maximum atomic E-state index is 14.0. The molecule has 0 spiro atoms. The van der Waals surface area contributed by atoms with Gasteiger partial charge in [0.1, 0.15) is 29.0 Å². The predicted molar refractivity (Wildman–Crippen MR) is 138 cm³/mol. The zero-order valence-electron chi connectivity index (χ0n) is 22.6. The van der Waals surface area contributed by atoms with E-state index in [-0.39, 0.29) is 23.6 Å². The van der Waals surface area contributed by atoms with Crippen LogP contribution in [-0.2, 0) is 16.7 Å². The van der Waals surface area contributed by atoms with Crippen molar-refractivity contribution in [2.24, 2.45) is 24.0 Å². The minimum Gasteiger partial charge on any atom is -0.390 e. The van der Waals surface area contributed by atoms with Crippen LogP contribution in [0.3, 0.4) is 0 Å². The van der Waals surface area contributed by atoms with Crippen molar-refractivity contribution in [3.63, 3.8) is 0 Å². The van der Waals surface area contributed by atoms with Crippen LogP contribution in [0.1, 0.15) is 69.6 Å². The average molecular weight is 521 g/mol. The van der Waals surface area contributed by atoms with Gasteiger partial charge in [-0.2, -0.15) is 14.9 Å². The van der Waals surface area contributed by atoms with Gasteiger partial charge in [0, 0.05) is 32.1 Å². The fraction of sp³-hybridized carbons (Fsp3) is 0.556. The summed E-state index contributed by atoms with van der Waals surface area (Å²) in [6.45, 7) is 5.71. The van der Waals surface area contributed by atoms with E-state index in [2.05, 4.69) is 32.3 Å². The van der Waals surface area contributed by atoms with Gasteiger partial charge in [-0.25, -0.2) is 4.98 Å². The molecule has 0 N–H and O–H groups in total. The molecule has 0 aromatic carbocycles. The first-order chi connectivity index (χ1) is 17.9. The third kappa shape index (κ3) is 5.25. The van der Waals surface area contributed by atoms with Gasteiger partial charge >= 0.3 is 0 Å². The molecule has 1 fully saturated rings. The van der Waals surface area contributed by atoms with Crippen molar-refractivity contribution >= 4 is 17.3 Å². The van der Waals surface area contributed by atoms with E-state index in [1.807, 2.05) is 27.8 Å². The lowest BCUT2D eigenvalue weighted by Gasteiger charge is -2.43. The molecule has 1 saturated carbocycles. The number of nitriles is 2. The highest BCUT2D eigenvalue weighted by atomic mass is 19.1. The Morgan fingerprint density at radius 1 is 1.21 bits per heavy atom. The Bertz CT molecular complexity index is 1320. The number of halogens is 1. The molecule has 1 amide bonds. The van der Waals surface area contributed by atoms with Gasteiger partial charge in [-0.1, -0.05) is 5.16 Å². The molecule has 0 bridgehead atoms. The number of rotatable bonds is 5. The minimum atomic E-state index is -0.939. The number of oxime groups is 1. The van der Waals surface area contributed by atoms with Crippen molar-refractivity contribution < 1.29 is 14.0 Å². The van der Waals surface area contributed by atoms with Crippen molar-refractivity contribution in [2.45, 2.75) is 64.1 Å². The number of nitrogens with zero attached hydrogens (tertiary/aromatic N) is 8. The fourth-order valence-electron chi connectivity index (χ4n) is 5.38. The van der Waals surface area contributed by atoms with Gasteiger partial charge in [-0.05, 0) is 65.6 Å². The van der Waals surface area contributed by atoms with Crippen molar-refractivity contribution in [3.8, 4) is 12.1 Å². The number of anilines is 1. The molecule has 0 radical (unpaired) electrons. The van der Waals surface area contributed by atoms with Crippen LogP contribution in [0.2, 0.25) is 0 Å². The highest BCUT2D eigenvalue weighted by Crippen LogP contribution is 2.42. The molecule has 38 heavy (non-hydrogen) atoms. The summed E-state index contributed by atoms with van der Waals surface area (Å²) < 4.78 is 15.4. The molecule has 2 atom stereocenters. The standard InChI is InChI=1S/C27H33FN8O2/c1-27(2,3)38-33-23(21-13-22(28)32-36(21)6)16-7-10-18(11-8-16)34(4)25-19(15-30)26(37)35(5)20-12-9-17(14-29)31-24(20)25/h9,12-13,16,18-19,25H,7-8,10-11H2,1-6H3/b33-23-. The molecule has 11 heteroatoms. The van der Waals surface area contributed by atoms with Crippen molar-refractivity contribution in [1.29, 1.82) is 10.5 Å². The van der Waals surface area contributed by atoms with Crippen molar-refractivity contribution in [1.82, 2.24) is 19.7 Å².